The van der Waals surface area contributed by atoms with Crippen molar-refractivity contribution in [2.75, 3.05) is 6.54 Å². The molecule has 2 heteroatoms. The number of benzene rings is 2. The van der Waals surface area contributed by atoms with Gasteiger partial charge in [-0.15, -0.1) is 0 Å². The Balaban J connectivity index is 1.96. The number of rotatable bonds is 4. The molecule has 2 nitrogen and oxygen atoms in total. The molecule has 1 heterocycles. The molecule has 0 amide bonds. The highest BCUT2D eigenvalue weighted by Gasteiger charge is 2.12. The van der Waals surface area contributed by atoms with E-state index < -0.39 is 0 Å². The van der Waals surface area contributed by atoms with Crippen molar-refractivity contribution in [3.8, 4) is 11.1 Å². The van der Waals surface area contributed by atoms with Crippen LogP contribution in [0, 0.1) is 6.92 Å². The highest BCUT2D eigenvalue weighted by atomic mass is 16.5. The van der Waals surface area contributed by atoms with Crippen LogP contribution in [0.15, 0.2) is 36.4 Å². The van der Waals surface area contributed by atoms with E-state index in [9.17, 15) is 0 Å². The Morgan fingerprint density at radius 1 is 1.05 bits per heavy atom. The Bertz CT molecular complexity index is 619. The molecule has 0 unspecified atom stereocenters. The van der Waals surface area contributed by atoms with Crippen molar-refractivity contribution in [3.63, 3.8) is 0 Å². The third-order valence-electron chi connectivity index (χ3n) is 3.91. The predicted molar refractivity (Wildman–Crippen MR) is 82.5 cm³/mol. The van der Waals surface area contributed by atoms with Gasteiger partial charge in [0.25, 0.3) is 0 Å². The third-order valence-corrected chi connectivity index (χ3v) is 3.91. The quantitative estimate of drug-likeness (QED) is 0.909. The summed E-state index contributed by atoms with van der Waals surface area (Å²) in [5.74, 6) is 0. The normalized spacial score (nSPS) is 13.5. The third kappa shape index (κ3) is 2.62. The Labute approximate surface area is 120 Å². The lowest BCUT2D eigenvalue weighted by Gasteiger charge is -2.11. The van der Waals surface area contributed by atoms with Gasteiger partial charge in [0.15, 0.2) is 0 Å². The standard InChI is InChI=1S/C18H21NO/c1-3-19-10-14-5-4-13(2)18(8-14)15-6-7-16-11-20-12-17(16)9-15/h4-9,19H,3,10-12H2,1-2H3. The largest absolute Gasteiger partial charge is 0.372 e. The van der Waals surface area contributed by atoms with E-state index >= 15 is 0 Å². The second-order valence-electron chi connectivity index (χ2n) is 5.41. The van der Waals surface area contributed by atoms with Crippen molar-refractivity contribution in [2.24, 2.45) is 0 Å². The first-order valence-corrected chi connectivity index (χ1v) is 7.28. The number of ether oxygens (including phenoxy) is 1. The number of hydrogen-bond donors (Lipinski definition) is 1. The van der Waals surface area contributed by atoms with Crippen LogP contribution >= 0.6 is 0 Å². The van der Waals surface area contributed by atoms with Crippen molar-refractivity contribution >= 4 is 0 Å². The summed E-state index contributed by atoms with van der Waals surface area (Å²) in [5, 5.41) is 3.38. The predicted octanol–water partition coefficient (Wildman–Crippen LogP) is 3.80. The minimum Gasteiger partial charge on any atom is -0.372 e. The van der Waals surface area contributed by atoms with Crippen molar-refractivity contribution < 1.29 is 4.74 Å². The van der Waals surface area contributed by atoms with Crippen molar-refractivity contribution in [1.29, 1.82) is 0 Å². The van der Waals surface area contributed by atoms with Crippen LogP contribution in [-0.4, -0.2) is 6.54 Å². The molecule has 0 aromatic heterocycles. The first kappa shape index (κ1) is 13.3. The summed E-state index contributed by atoms with van der Waals surface area (Å²) >= 11 is 0. The van der Waals surface area contributed by atoms with Crippen LogP contribution in [0.3, 0.4) is 0 Å². The molecule has 0 bridgehead atoms. The number of hydrogen-bond acceptors (Lipinski definition) is 2. The average molecular weight is 267 g/mol. The van der Waals surface area contributed by atoms with Gasteiger partial charge < -0.3 is 10.1 Å². The average Bonchev–Trinajstić information content (AvgIpc) is 2.93. The summed E-state index contributed by atoms with van der Waals surface area (Å²) < 4.78 is 5.50. The molecule has 0 fully saturated rings. The van der Waals surface area contributed by atoms with Crippen LogP contribution in [0.1, 0.15) is 29.2 Å². The molecular weight excluding hydrogens is 246 g/mol. The molecule has 1 aliphatic heterocycles. The van der Waals surface area contributed by atoms with Crippen molar-refractivity contribution in [2.45, 2.75) is 33.6 Å². The van der Waals surface area contributed by atoms with Crippen LogP contribution in [0.5, 0.6) is 0 Å². The van der Waals surface area contributed by atoms with Gasteiger partial charge in [-0.3, -0.25) is 0 Å². The van der Waals surface area contributed by atoms with Crippen LogP contribution in [-0.2, 0) is 24.5 Å². The summed E-state index contributed by atoms with van der Waals surface area (Å²) in [4.78, 5) is 0. The van der Waals surface area contributed by atoms with Crippen molar-refractivity contribution in [1.82, 2.24) is 5.32 Å². The second kappa shape index (κ2) is 5.78. The van der Waals surface area contributed by atoms with Crippen LogP contribution in [0.2, 0.25) is 0 Å². The maximum atomic E-state index is 5.50. The zero-order chi connectivity index (χ0) is 13.9. The lowest BCUT2D eigenvalue weighted by Crippen LogP contribution is -2.11. The summed E-state index contributed by atoms with van der Waals surface area (Å²) in [6.07, 6.45) is 0. The van der Waals surface area contributed by atoms with Gasteiger partial charge in [-0.1, -0.05) is 31.2 Å². The highest BCUT2D eigenvalue weighted by Crippen LogP contribution is 2.29. The molecule has 1 N–H and O–H groups in total. The minimum atomic E-state index is 0.749. The van der Waals surface area contributed by atoms with Crippen LogP contribution in [0.4, 0.5) is 0 Å². The Hall–Kier alpha value is -1.64. The summed E-state index contributed by atoms with van der Waals surface area (Å²) in [7, 11) is 0. The van der Waals surface area contributed by atoms with Crippen LogP contribution in [0.25, 0.3) is 11.1 Å². The minimum absolute atomic E-state index is 0.749. The zero-order valence-corrected chi connectivity index (χ0v) is 12.2. The molecule has 20 heavy (non-hydrogen) atoms. The lowest BCUT2D eigenvalue weighted by atomic mass is 9.95. The van der Waals surface area contributed by atoms with Gasteiger partial charge in [0.05, 0.1) is 13.2 Å². The molecule has 0 spiro atoms. The van der Waals surface area contributed by atoms with Gasteiger partial charge in [-0.2, -0.15) is 0 Å². The maximum Gasteiger partial charge on any atom is 0.0725 e. The van der Waals surface area contributed by atoms with E-state index in [4.69, 9.17) is 4.74 Å². The fourth-order valence-corrected chi connectivity index (χ4v) is 2.70. The molecule has 3 rings (SSSR count). The lowest BCUT2D eigenvalue weighted by molar-refractivity contribution is 0.134. The van der Waals surface area contributed by atoms with Gasteiger partial charge in [0.1, 0.15) is 0 Å². The molecule has 2 aromatic carbocycles. The van der Waals surface area contributed by atoms with Gasteiger partial charge in [-0.05, 0) is 59.0 Å². The molecule has 0 atom stereocenters. The van der Waals surface area contributed by atoms with E-state index in [1.807, 2.05) is 0 Å². The van der Waals surface area contributed by atoms with E-state index in [1.54, 1.807) is 0 Å². The fourth-order valence-electron chi connectivity index (χ4n) is 2.70. The van der Waals surface area contributed by atoms with E-state index in [1.165, 1.54) is 33.4 Å². The zero-order valence-electron chi connectivity index (χ0n) is 12.2. The molecule has 2 aromatic rings. The second-order valence-corrected chi connectivity index (χ2v) is 5.41. The van der Waals surface area contributed by atoms with E-state index in [2.05, 4.69) is 55.6 Å². The molecule has 1 aliphatic rings. The van der Waals surface area contributed by atoms with Crippen LogP contribution < -0.4 is 5.32 Å². The molecule has 0 aliphatic carbocycles. The Kier molecular flexibility index (Phi) is 3.86. The summed E-state index contributed by atoms with van der Waals surface area (Å²) in [6, 6.07) is 13.4. The Morgan fingerprint density at radius 3 is 2.75 bits per heavy atom. The van der Waals surface area contributed by atoms with E-state index in [-0.39, 0.29) is 0 Å². The smallest absolute Gasteiger partial charge is 0.0725 e. The Morgan fingerprint density at radius 2 is 1.90 bits per heavy atom. The molecule has 0 radical (unpaired) electrons. The molecule has 104 valence electrons. The number of fused-ring (bicyclic) bond motifs is 1. The molecular formula is C18H21NO. The highest BCUT2D eigenvalue weighted by molar-refractivity contribution is 5.69. The maximum absolute atomic E-state index is 5.50. The summed E-state index contributed by atoms with van der Waals surface area (Å²) in [5.41, 5.74) is 7.95. The summed E-state index contributed by atoms with van der Waals surface area (Å²) in [6.45, 7) is 7.75. The van der Waals surface area contributed by atoms with Crippen molar-refractivity contribution in [3.05, 3.63) is 58.7 Å². The molecule has 0 saturated carbocycles. The molecule has 0 saturated heterocycles. The number of nitrogens with one attached hydrogen (secondary N) is 1. The van der Waals surface area contributed by atoms with Gasteiger partial charge >= 0.3 is 0 Å². The van der Waals surface area contributed by atoms with E-state index in [0.717, 1.165) is 26.3 Å². The SMILES string of the molecule is CCNCc1ccc(C)c(-c2ccc3c(c2)COC3)c1. The first-order chi connectivity index (χ1) is 9.78. The van der Waals surface area contributed by atoms with Gasteiger partial charge in [-0.25, -0.2) is 0 Å². The fraction of sp³-hybridized carbons (Fsp3) is 0.333. The first-order valence-electron chi connectivity index (χ1n) is 7.28. The van der Waals surface area contributed by atoms with Gasteiger partial charge in [0, 0.05) is 6.54 Å². The number of aryl methyl sites for hydroxylation is 1. The topological polar surface area (TPSA) is 21.3 Å². The monoisotopic (exact) mass is 267 g/mol. The van der Waals surface area contributed by atoms with E-state index in [0.29, 0.717) is 0 Å². The van der Waals surface area contributed by atoms with Gasteiger partial charge in [0.2, 0.25) is 0 Å².